The van der Waals surface area contributed by atoms with Gasteiger partial charge in [-0.25, -0.2) is 18.1 Å². The van der Waals surface area contributed by atoms with Gasteiger partial charge in [0.05, 0.1) is 0 Å². The Kier molecular flexibility index (Phi) is 4.09. The first-order chi connectivity index (χ1) is 9.30. The molecule has 20 heavy (non-hydrogen) atoms. The second-order valence-corrected chi connectivity index (χ2v) is 7.29. The van der Waals surface area contributed by atoms with Crippen LogP contribution < -0.4 is 0 Å². The van der Waals surface area contributed by atoms with Gasteiger partial charge in [0.25, 0.3) is 14.2 Å². The van der Waals surface area contributed by atoms with Gasteiger partial charge in [0.2, 0.25) is 0 Å². The number of nitrogens with zero attached hydrogens (tertiary/aromatic N) is 6. The second kappa shape index (κ2) is 5.49. The molecule has 0 spiro atoms. The third-order valence-electron chi connectivity index (χ3n) is 2.72. The second-order valence-electron chi connectivity index (χ2n) is 4.83. The number of rotatable bonds is 5. The van der Waals surface area contributed by atoms with Crippen molar-refractivity contribution in [1.29, 1.82) is 0 Å². The Morgan fingerprint density at radius 3 is 2.50 bits per heavy atom. The molecule has 2 aromatic heterocycles. The van der Waals surface area contributed by atoms with E-state index in [-0.39, 0.29) is 17.1 Å². The molecule has 1 atom stereocenters. The minimum absolute atomic E-state index is 0.213. The van der Waals surface area contributed by atoms with Gasteiger partial charge in [-0.2, -0.15) is 5.10 Å². The number of hydrogen-bond donors (Lipinski definition) is 0. The highest BCUT2D eigenvalue weighted by molar-refractivity contribution is 8.13. The molecule has 2 heterocycles. The van der Waals surface area contributed by atoms with Crippen LogP contribution in [0.2, 0.25) is 0 Å². The summed E-state index contributed by atoms with van der Waals surface area (Å²) in [7, 11) is 1.46. The van der Waals surface area contributed by atoms with E-state index in [1.807, 2.05) is 20.8 Å². The molecule has 0 fully saturated rings. The molecule has 0 amide bonds. The van der Waals surface area contributed by atoms with Crippen molar-refractivity contribution in [3.63, 3.8) is 0 Å². The highest BCUT2D eigenvalue weighted by Gasteiger charge is 2.26. The lowest BCUT2D eigenvalue weighted by Gasteiger charge is -2.15. The van der Waals surface area contributed by atoms with E-state index >= 15 is 0 Å². The van der Waals surface area contributed by atoms with Crippen LogP contribution >= 0.6 is 10.7 Å². The average molecular weight is 319 g/mol. The summed E-state index contributed by atoms with van der Waals surface area (Å²) >= 11 is 0. The molecule has 2 rings (SSSR count). The summed E-state index contributed by atoms with van der Waals surface area (Å²) in [4.78, 5) is 3.87. The summed E-state index contributed by atoms with van der Waals surface area (Å²) in [5.74, 6) is 0.688. The van der Waals surface area contributed by atoms with Crippen molar-refractivity contribution in [2.24, 2.45) is 5.92 Å². The Bertz CT molecular complexity index is 679. The van der Waals surface area contributed by atoms with Gasteiger partial charge in [0, 0.05) is 17.2 Å². The fourth-order valence-corrected chi connectivity index (χ4v) is 2.77. The minimum atomic E-state index is -3.94. The zero-order valence-corrected chi connectivity index (χ0v) is 12.9. The molecular formula is C10H15ClN6O2S. The van der Waals surface area contributed by atoms with Gasteiger partial charge >= 0.3 is 0 Å². The highest BCUT2D eigenvalue weighted by atomic mass is 35.7. The molecule has 8 nitrogen and oxygen atoms in total. The van der Waals surface area contributed by atoms with Crippen LogP contribution in [0.15, 0.2) is 17.8 Å². The van der Waals surface area contributed by atoms with Crippen molar-refractivity contribution < 1.29 is 8.42 Å². The molecule has 0 aliphatic heterocycles. The lowest BCUT2D eigenvalue weighted by atomic mass is 10.2. The summed E-state index contributed by atoms with van der Waals surface area (Å²) in [5, 5.41) is 11.4. The Hall–Kier alpha value is -1.48. The normalized spacial score (nSPS) is 13.8. The van der Waals surface area contributed by atoms with Crippen molar-refractivity contribution in [2.45, 2.75) is 38.5 Å². The summed E-state index contributed by atoms with van der Waals surface area (Å²) in [6.07, 6.45) is 2.94. The standard InChI is InChI=1S/C10H15ClN6O2S/c1-7(2)4-16-9(8(3)17-6-12-5-13-17)14-15-10(16)20(11,18)19/h5-8H,4H2,1-3H3. The first kappa shape index (κ1) is 14.9. The van der Waals surface area contributed by atoms with Crippen molar-refractivity contribution in [1.82, 2.24) is 29.5 Å². The average Bonchev–Trinajstić information content (AvgIpc) is 2.94. The molecule has 10 heteroatoms. The highest BCUT2D eigenvalue weighted by Crippen LogP contribution is 2.21. The van der Waals surface area contributed by atoms with Gasteiger partial charge in [-0.05, 0) is 12.8 Å². The Morgan fingerprint density at radius 2 is 2.00 bits per heavy atom. The summed E-state index contributed by atoms with van der Waals surface area (Å²) in [6, 6.07) is -0.295. The van der Waals surface area contributed by atoms with E-state index < -0.39 is 9.05 Å². The fourth-order valence-electron chi connectivity index (χ4n) is 1.86. The third kappa shape index (κ3) is 2.98. The maximum absolute atomic E-state index is 11.6. The number of aromatic nitrogens is 6. The van der Waals surface area contributed by atoms with Crippen molar-refractivity contribution in [2.75, 3.05) is 0 Å². The maximum Gasteiger partial charge on any atom is 0.296 e. The van der Waals surface area contributed by atoms with E-state index in [0.717, 1.165) is 0 Å². The van der Waals surface area contributed by atoms with Crippen LogP contribution in [-0.2, 0) is 15.6 Å². The molecule has 0 aliphatic carbocycles. The summed E-state index contributed by atoms with van der Waals surface area (Å²) in [5.41, 5.74) is 0. The van der Waals surface area contributed by atoms with Gasteiger partial charge in [0.15, 0.2) is 5.82 Å². The lowest BCUT2D eigenvalue weighted by Crippen LogP contribution is -2.18. The van der Waals surface area contributed by atoms with E-state index in [2.05, 4.69) is 20.3 Å². The van der Waals surface area contributed by atoms with Crippen molar-refractivity contribution in [3.8, 4) is 0 Å². The molecule has 0 aliphatic rings. The smallest absolute Gasteiger partial charge is 0.296 e. The first-order valence-electron chi connectivity index (χ1n) is 6.02. The largest absolute Gasteiger partial charge is 0.299 e. The zero-order valence-electron chi connectivity index (χ0n) is 11.3. The predicted octanol–water partition coefficient (Wildman–Crippen LogP) is 1.06. The fraction of sp³-hybridized carbons (Fsp3) is 0.600. The maximum atomic E-state index is 11.6. The molecule has 110 valence electrons. The molecule has 1 unspecified atom stereocenters. The molecule has 0 saturated carbocycles. The van der Waals surface area contributed by atoms with E-state index in [9.17, 15) is 8.42 Å². The molecule has 0 radical (unpaired) electrons. The van der Waals surface area contributed by atoms with Gasteiger partial charge in [-0.15, -0.1) is 10.2 Å². The Balaban J connectivity index is 2.51. The summed E-state index contributed by atoms with van der Waals surface area (Å²) < 4.78 is 26.2. The van der Waals surface area contributed by atoms with Crippen LogP contribution in [0.25, 0.3) is 0 Å². The van der Waals surface area contributed by atoms with E-state index in [4.69, 9.17) is 10.7 Å². The quantitative estimate of drug-likeness (QED) is 0.765. The van der Waals surface area contributed by atoms with Crippen LogP contribution in [0, 0.1) is 5.92 Å². The van der Waals surface area contributed by atoms with Gasteiger partial charge in [-0.3, -0.25) is 4.57 Å². The van der Waals surface area contributed by atoms with Crippen molar-refractivity contribution >= 4 is 19.7 Å². The Labute approximate surface area is 121 Å². The summed E-state index contributed by atoms with van der Waals surface area (Å²) in [6.45, 7) is 6.21. The third-order valence-corrected chi connectivity index (χ3v) is 3.87. The van der Waals surface area contributed by atoms with Crippen molar-refractivity contribution in [3.05, 3.63) is 18.5 Å². The number of hydrogen-bond acceptors (Lipinski definition) is 6. The molecule has 0 aromatic carbocycles. The van der Waals surface area contributed by atoms with Crippen LogP contribution in [0.5, 0.6) is 0 Å². The SMILES string of the molecule is CC(C)Cn1c(C(C)n2cncn2)nnc1S(=O)(=O)Cl. The number of halogens is 1. The topological polar surface area (TPSA) is 95.6 Å². The van der Waals surface area contributed by atoms with Gasteiger partial charge in [-0.1, -0.05) is 13.8 Å². The van der Waals surface area contributed by atoms with E-state index in [1.54, 1.807) is 4.68 Å². The van der Waals surface area contributed by atoms with Crippen LogP contribution in [0.4, 0.5) is 0 Å². The van der Waals surface area contributed by atoms with Crippen LogP contribution in [0.1, 0.15) is 32.6 Å². The van der Waals surface area contributed by atoms with E-state index in [0.29, 0.717) is 12.4 Å². The molecule has 0 N–H and O–H groups in total. The predicted molar refractivity (Wildman–Crippen MR) is 71.7 cm³/mol. The first-order valence-corrected chi connectivity index (χ1v) is 8.33. The molecule has 2 aromatic rings. The molecule has 0 bridgehead atoms. The monoisotopic (exact) mass is 318 g/mol. The van der Waals surface area contributed by atoms with Crippen LogP contribution in [0.3, 0.4) is 0 Å². The Morgan fingerprint density at radius 1 is 1.30 bits per heavy atom. The van der Waals surface area contributed by atoms with Gasteiger partial charge < -0.3 is 0 Å². The van der Waals surface area contributed by atoms with E-state index in [1.165, 1.54) is 17.2 Å². The van der Waals surface area contributed by atoms with Crippen LogP contribution in [-0.4, -0.2) is 37.9 Å². The minimum Gasteiger partial charge on any atom is -0.299 e. The van der Waals surface area contributed by atoms with Gasteiger partial charge in [0.1, 0.15) is 18.7 Å². The molecular weight excluding hydrogens is 304 g/mol. The lowest BCUT2D eigenvalue weighted by molar-refractivity contribution is 0.437. The molecule has 0 saturated heterocycles. The zero-order chi connectivity index (χ0) is 14.9.